The molecule has 7 nitrogen and oxygen atoms in total. The summed E-state index contributed by atoms with van der Waals surface area (Å²) in [5, 5.41) is 25.1. The Kier molecular flexibility index (Phi) is 5.10. The Bertz CT molecular complexity index is 652. The van der Waals surface area contributed by atoms with Crippen LogP contribution >= 0.6 is 0 Å². The third-order valence-electron chi connectivity index (χ3n) is 4.05. The maximum Gasteiger partial charge on any atom is 0.246 e. The molecule has 0 radical (unpaired) electrons. The summed E-state index contributed by atoms with van der Waals surface area (Å²) in [5.41, 5.74) is -0.116. The van der Waals surface area contributed by atoms with Gasteiger partial charge in [-0.2, -0.15) is 4.80 Å². The number of tetrazole rings is 1. The predicted molar refractivity (Wildman–Crippen MR) is 86.4 cm³/mol. The van der Waals surface area contributed by atoms with Crippen LogP contribution in [0.3, 0.4) is 0 Å². The monoisotopic (exact) mass is 317 g/mol. The average Bonchev–Trinajstić information content (AvgIpc) is 3.02. The van der Waals surface area contributed by atoms with Gasteiger partial charge in [-0.3, -0.25) is 4.79 Å². The third kappa shape index (κ3) is 4.13. The van der Waals surface area contributed by atoms with Gasteiger partial charge in [0, 0.05) is 12.1 Å². The van der Waals surface area contributed by atoms with Crippen LogP contribution in [0, 0.1) is 5.92 Å². The molecule has 0 saturated carbocycles. The van der Waals surface area contributed by atoms with Gasteiger partial charge >= 0.3 is 0 Å². The molecule has 2 rings (SSSR count). The van der Waals surface area contributed by atoms with Crippen molar-refractivity contribution in [2.75, 3.05) is 6.54 Å². The van der Waals surface area contributed by atoms with E-state index in [-0.39, 0.29) is 18.4 Å². The number of hydrogen-bond donors (Lipinski definition) is 2. The van der Waals surface area contributed by atoms with Gasteiger partial charge in [0.2, 0.25) is 11.7 Å². The maximum atomic E-state index is 12.2. The fraction of sp³-hybridized carbons (Fsp3) is 0.500. The molecule has 1 aromatic heterocycles. The molecule has 0 bridgehead atoms. The second kappa shape index (κ2) is 6.87. The first-order chi connectivity index (χ1) is 10.8. The quantitative estimate of drug-likeness (QED) is 0.840. The summed E-state index contributed by atoms with van der Waals surface area (Å²) in [4.78, 5) is 13.5. The topological polar surface area (TPSA) is 92.9 Å². The smallest absolute Gasteiger partial charge is 0.246 e. The van der Waals surface area contributed by atoms with Gasteiger partial charge in [0.1, 0.15) is 6.04 Å². The molecule has 0 aliphatic rings. The normalized spacial score (nSPS) is 15.2. The molecule has 1 aromatic carbocycles. The van der Waals surface area contributed by atoms with Gasteiger partial charge in [-0.25, -0.2) is 0 Å². The van der Waals surface area contributed by atoms with Crippen LogP contribution in [0.5, 0.6) is 0 Å². The number of nitrogens with one attached hydrogen (secondary N) is 1. The Labute approximate surface area is 135 Å². The molecule has 1 amide bonds. The maximum absolute atomic E-state index is 12.2. The van der Waals surface area contributed by atoms with E-state index in [2.05, 4.69) is 20.7 Å². The fourth-order valence-electron chi connectivity index (χ4n) is 1.81. The Morgan fingerprint density at radius 2 is 1.96 bits per heavy atom. The van der Waals surface area contributed by atoms with Crippen LogP contribution in [-0.2, 0) is 4.79 Å². The minimum Gasteiger partial charge on any atom is -0.388 e. The summed E-state index contributed by atoms with van der Waals surface area (Å²) < 4.78 is 0. The van der Waals surface area contributed by atoms with Crippen LogP contribution < -0.4 is 5.32 Å². The number of hydrogen-bond acceptors (Lipinski definition) is 5. The minimum atomic E-state index is -0.958. The minimum absolute atomic E-state index is 0.0345. The molecule has 2 N–H and O–H groups in total. The highest BCUT2D eigenvalue weighted by Gasteiger charge is 2.27. The van der Waals surface area contributed by atoms with Crippen molar-refractivity contribution < 1.29 is 9.90 Å². The van der Waals surface area contributed by atoms with Crippen molar-refractivity contribution >= 4 is 5.91 Å². The summed E-state index contributed by atoms with van der Waals surface area (Å²) in [6.07, 6.45) is 0. The average molecular weight is 317 g/mol. The number of benzene rings is 1. The fourth-order valence-corrected chi connectivity index (χ4v) is 1.81. The van der Waals surface area contributed by atoms with E-state index in [9.17, 15) is 9.90 Å². The van der Waals surface area contributed by atoms with Gasteiger partial charge < -0.3 is 10.4 Å². The molecular formula is C16H23N5O2. The van der Waals surface area contributed by atoms with Crippen molar-refractivity contribution in [2.24, 2.45) is 5.92 Å². The van der Waals surface area contributed by atoms with Crippen LogP contribution in [0.15, 0.2) is 30.3 Å². The van der Waals surface area contributed by atoms with E-state index in [4.69, 9.17) is 0 Å². The molecule has 0 aliphatic carbocycles. The van der Waals surface area contributed by atoms with Crippen molar-refractivity contribution in [2.45, 2.75) is 39.3 Å². The summed E-state index contributed by atoms with van der Waals surface area (Å²) in [6, 6.07) is 8.84. The lowest BCUT2D eigenvalue weighted by atomic mass is 9.92. The van der Waals surface area contributed by atoms with E-state index in [1.165, 1.54) is 4.80 Å². The first-order valence-electron chi connectivity index (χ1n) is 7.66. The molecule has 0 saturated heterocycles. The Hall–Kier alpha value is -2.28. The number of aliphatic hydroxyl groups is 1. The van der Waals surface area contributed by atoms with Crippen molar-refractivity contribution in [1.82, 2.24) is 25.5 Å². The summed E-state index contributed by atoms with van der Waals surface area (Å²) in [6.45, 7) is 7.37. The molecule has 0 aliphatic heterocycles. The van der Waals surface area contributed by atoms with Crippen LogP contribution in [0.2, 0.25) is 0 Å². The molecule has 124 valence electrons. The first kappa shape index (κ1) is 17.1. The molecule has 2 aromatic rings. The van der Waals surface area contributed by atoms with Crippen molar-refractivity contribution in [3.63, 3.8) is 0 Å². The van der Waals surface area contributed by atoms with Crippen LogP contribution in [0.4, 0.5) is 0 Å². The Balaban J connectivity index is 2.02. The third-order valence-corrected chi connectivity index (χ3v) is 4.05. The number of amides is 1. The van der Waals surface area contributed by atoms with Crippen LogP contribution in [-0.4, -0.2) is 43.4 Å². The summed E-state index contributed by atoms with van der Waals surface area (Å²) in [7, 11) is 0. The molecule has 2 unspecified atom stereocenters. The number of aromatic nitrogens is 4. The van der Waals surface area contributed by atoms with Crippen molar-refractivity contribution in [1.29, 1.82) is 0 Å². The molecule has 1 heterocycles. The SMILES string of the molecule is CC(C(=O)NCC(C)(O)C(C)C)n1nnc(-c2ccccc2)n1. The lowest BCUT2D eigenvalue weighted by Crippen LogP contribution is -2.46. The van der Waals surface area contributed by atoms with E-state index < -0.39 is 11.6 Å². The van der Waals surface area contributed by atoms with Crippen LogP contribution in [0.1, 0.15) is 33.7 Å². The van der Waals surface area contributed by atoms with Gasteiger partial charge in [-0.05, 0) is 25.0 Å². The second-order valence-corrected chi connectivity index (χ2v) is 6.21. The lowest BCUT2D eigenvalue weighted by Gasteiger charge is -2.28. The Morgan fingerprint density at radius 3 is 2.57 bits per heavy atom. The molecule has 23 heavy (non-hydrogen) atoms. The molecule has 0 fully saturated rings. The highest BCUT2D eigenvalue weighted by atomic mass is 16.3. The standard InChI is InChI=1S/C16H23N5O2/c1-11(2)16(4,23)10-17-15(22)12(3)21-19-14(18-20-21)13-8-6-5-7-9-13/h5-9,11-12,23H,10H2,1-4H3,(H,17,22). The van der Waals surface area contributed by atoms with Gasteiger partial charge in [0.15, 0.2) is 0 Å². The van der Waals surface area contributed by atoms with E-state index in [1.54, 1.807) is 13.8 Å². The highest BCUT2D eigenvalue weighted by Crippen LogP contribution is 2.16. The number of nitrogens with zero attached hydrogens (tertiary/aromatic N) is 4. The number of rotatable bonds is 6. The largest absolute Gasteiger partial charge is 0.388 e. The zero-order chi connectivity index (χ0) is 17.0. The summed E-state index contributed by atoms with van der Waals surface area (Å²) >= 11 is 0. The van der Waals surface area contributed by atoms with E-state index in [0.29, 0.717) is 5.82 Å². The Morgan fingerprint density at radius 1 is 1.30 bits per heavy atom. The number of carbonyl (C=O) groups excluding carboxylic acids is 1. The van der Waals surface area contributed by atoms with Gasteiger partial charge in [0.05, 0.1) is 5.60 Å². The zero-order valence-electron chi connectivity index (χ0n) is 13.9. The second-order valence-electron chi connectivity index (χ2n) is 6.21. The number of carbonyl (C=O) groups is 1. The first-order valence-corrected chi connectivity index (χ1v) is 7.66. The predicted octanol–water partition coefficient (Wildman–Crippen LogP) is 1.42. The molecular weight excluding hydrogens is 294 g/mol. The van der Waals surface area contributed by atoms with Gasteiger partial charge in [0.25, 0.3) is 0 Å². The van der Waals surface area contributed by atoms with Gasteiger partial charge in [-0.15, -0.1) is 10.2 Å². The van der Waals surface area contributed by atoms with Crippen molar-refractivity contribution in [3.8, 4) is 11.4 Å². The van der Waals surface area contributed by atoms with Crippen LogP contribution in [0.25, 0.3) is 11.4 Å². The van der Waals surface area contributed by atoms with Gasteiger partial charge in [-0.1, -0.05) is 44.2 Å². The molecule has 0 spiro atoms. The van der Waals surface area contributed by atoms with E-state index in [0.717, 1.165) is 5.56 Å². The lowest BCUT2D eigenvalue weighted by molar-refractivity contribution is -0.126. The summed E-state index contributed by atoms with van der Waals surface area (Å²) in [5.74, 6) is 0.245. The van der Waals surface area contributed by atoms with Crippen molar-refractivity contribution in [3.05, 3.63) is 30.3 Å². The molecule has 2 atom stereocenters. The molecule has 7 heteroatoms. The highest BCUT2D eigenvalue weighted by molar-refractivity contribution is 5.79. The van der Waals surface area contributed by atoms with E-state index in [1.807, 2.05) is 44.2 Å². The van der Waals surface area contributed by atoms with E-state index >= 15 is 0 Å². The zero-order valence-corrected chi connectivity index (χ0v) is 13.9.